The Balaban J connectivity index is 1.25. The Bertz CT molecular complexity index is 1740. The van der Waals surface area contributed by atoms with E-state index in [1.165, 1.54) is 24.3 Å². The van der Waals surface area contributed by atoms with Crippen LogP contribution in [0.1, 0.15) is 27.0 Å². The lowest BCUT2D eigenvalue weighted by molar-refractivity contribution is -0.134. The Morgan fingerprint density at radius 2 is 1.33 bits per heavy atom. The number of alkyl carbamates (subject to hydrolysis) is 1. The summed E-state index contributed by atoms with van der Waals surface area (Å²) in [5.41, 5.74) is 2.98. The van der Waals surface area contributed by atoms with Crippen LogP contribution in [0.25, 0.3) is 0 Å². The SMILES string of the molecule is Cc1ccc(S(=O)(=O)Oc2ccc(C[C@H](NC(=O)OCc3ccccc3)C(=O)N3CCN(C(=O)c4ccccc4)CC3)cc2)cc1. The van der Waals surface area contributed by atoms with Crippen LogP contribution in [-0.2, 0) is 32.7 Å². The quantitative estimate of drug-likeness (QED) is 0.252. The minimum atomic E-state index is -4.03. The van der Waals surface area contributed by atoms with Crippen molar-refractivity contribution in [2.75, 3.05) is 26.2 Å². The fourth-order valence-electron chi connectivity index (χ4n) is 5.02. The number of nitrogens with zero attached hydrogens (tertiary/aromatic N) is 2. The second kappa shape index (κ2) is 14.7. The molecule has 0 radical (unpaired) electrons. The van der Waals surface area contributed by atoms with Gasteiger partial charge in [-0.25, -0.2) is 4.79 Å². The number of aryl methyl sites for hydroxylation is 1. The molecule has 1 aliphatic rings. The Labute approximate surface area is 268 Å². The van der Waals surface area contributed by atoms with Crippen LogP contribution in [0.2, 0.25) is 0 Å². The van der Waals surface area contributed by atoms with Crippen molar-refractivity contribution >= 4 is 28.0 Å². The van der Waals surface area contributed by atoms with E-state index in [9.17, 15) is 22.8 Å². The van der Waals surface area contributed by atoms with Gasteiger partial charge in [0.05, 0.1) is 0 Å². The standard InChI is InChI=1S/C35H35N3O7S/c1-26-12-18-31(19-13-26)46(42,43)45-30-16-14-27(15-17-30)24-32(36-35(41)44-25-28-8-4-2-5-9-28)34(40)38-22-20-37(21-23-38)33(39)29-10-6-3-7-11-29/h2-19,32H,20-25H2,1H3,(H,36,41)/t32-/m0/s1. The van der Waals surface area contributed by atoms with Gasteiger partial charge in [-0.3, -0.25) is 9.59 Å². The summed E-state index contributed by atoms with van der Waals surface area (Å²) in [6.45, 7) is 3.21. The maximum absolute atomic E-state index is 13.7. The van der Waals surface area contributed by atoms with Gasteiger partial charge in [-0.2, -0.15) is 8.42 Å². The van der Waals surface area contributed by atoms with E-state index in [2.05, 4.69) is 5.32 Å². The first-order valence-electron chi connectivity index (χ1n) is 14.9. The molecule has 1 saturated heterocycles. The van der Waals surface area contributed by atoms with Crippen LogP contribution in [0.5, 0.6) is 5.75 Å². The molecule has 10 nitrogen and oxygen atoms in total. The van der Waals surface area contributed by atoms with Crippen molar-refractivity contribution < 1.29 is 31.7 Å². The molecule has 1 heterocycles. The van der Waals surface area contributed by atoms with E-state index in [1.807, 2.05) is 55.5 Å². The molecule has 0 aromatic heterocycles. The van der Waals surface area contributed by atoms with Gasteiger partial charge in [0.25, 0.3) is 5.91 Å². The fourth-order valence-corrected chi connectivity index (χ4v) is 5.95. The van der Waals surface area contributed by atoms with Crippen LogP contribution in [0.3, 0.4) is 0 Å². The highest BCUT2D eigenvalue weighted by Crippen LogP contribution is 2.21. The van der Waals surface area contributed by atoms with E-state index in [-0.39, 0.29) is 35.5 Å². The second-order valence-corrected chi connectivity index (χ2v) is 12.5. The fraction of sp³-hybridized carbons (Fsp3) is 0.229. The monoisotopic (exact) mass is 641 g/mol. The number of amides is 3. The van der Waals surface area contributed by atoms with Gasteiger partial charge >= 0.3 is 16.2 Å². The van der Waals surface area contributed by atoms with Crippen LogP contribution < -0.4 is 9.50 Å². The molecular formula is C35H35N3O7S. The molecule has 11 heteroatoms. The molecule has 0 unspecified atom stereocenters. The summed E-state index contributed by atoms with van der Waals surface area (Å²) in [5, 5.41) is 2.71. The maximum Gasteiger partial charge on any atom is 0.408 e. The molecule has 1 atom stereocenters. The lowest BCUT2D eigenvalue weighted by atomic mass is 10.0. The normalized spacial score (nSPS) is 13.8. The molecule has 5 rings (SSSR count). The summed E-state index contributed by atoms with van der Waals surface area (Å²) < 4.78 is 36.1. The molecule has 0 spiro atoms. The van der Waals surface area contributed by atoms with Crippen molar-refractivity contribution in [3.63, 3.8) is 0 Å². The molecule has 4 aromatic carbocycles. The third-order valence-electron chi connectivity index (χ3n) is 7.58. The molecule has 46 heavy (non-hydrogen) atoms. The molecule has 0 bridgehead atoms. The highest BCUT2D eigenvalue weighted by atomic mass is 32.2. The van der Waals surface area contributed by atoms with Gasteiger partial charge in [-0.15, -0.1) is 0 Å². The number of hydrogen-bond donors (Lipinski definition) is 1. The zero-order valence-corrected chi connectivity index (χ0v) is 26.2. The van der Waals surface area contributed by atoms with Gasteiger partial charge < -0.3 is 24.0 Å². The van der Waals surface area contributed by atoms with E-state index < -0.39 is 22.3 Å². The number of nitrogens with one attached hydrogen (secondary N) is 1. The summed E-state index contributed by atoms with van der Waals surface area (Å²) in [5.74, 6) is -0.300. The van der Waals surface area contributed by atoms with E-state index >= 15 is 0 Å². The highest BCUT2D eigenvalue weighted by molar-refractivity contribution is 7.87. The van der Waals surface area contributed by atoms with Gasteiger partial charge in [0, 0.05) is 38.2 Å². The smallest absolute Gasteiger partial charge is 0.408 e. The first-order valence-corrected chi connectivity index (χ1v) is 16.3. The maximum atomic E-state index is 13.7. The third kappa shape index (κ3) is 8.51. The summed E-state index contributed by atoms with van der Waals surface area (Å²) in [7, 11) is -4.03. The van der Waals surface area contributed by atoms with Crippen molar-refractivity contribution in [1.82, 2.24) is 15.1 Å². The molecule has 3 amide bonds. The zero-order valence-electron chi connectivity index (χ0n) is 25.4. The third-order valence-corrected chi connectivity index (χ3v) is 8.84. The first kappa shape index (κ1) is 32.2. The highest BCUT2D eigenvalue weighted by Gasteiger charge is 2.31. The Morgan fingerprint density at radius 3 is 1.96 bits per heavy atom. The number of ether oxygens (including phenoxy) is 1. The zero-order chi connectivity index (χ0) is 32.5. The van der Waals surface area contributed by atoms with E-state index in [4.69, 9.17) is 8.92 Å². The molecule has 1 N–H and O–H groups in total. The number of carbonyl (C=O) groups excluding carboxylic acids is 3. The number of hydrogen-bond acceptors (Lipinski definition) is 7. The molecule has 1 aliphatic heterocycles. The van der Waals surface area contributed by atoms with Gasteiger partial charge in [0.2, 0.25) is 5.91 Å². The van der Waals surface area contributed by atoms with Crippen molar-refractivity contribution in [3.8, 4) is 5.75 Å². The number of carbonyl (C=O) groups is 3. The minimum absolute atomic E-state index is 0.0371. The molecule has 0 saturated carbocycles. The Kier molecular flexibility index (Phi) is 10.3. The largest absolute Gasteiger partial charge is 0.445 e. The van der Waals surface area contributed by atoms with Crippen LogP contribution in [0.15, 0.2) is 114 Å². The molecule has 238 valence electrons. The van der Waals surface area contributed by atoms with E-state index in [1.54, 1.807) is 46.2 Å². The first-order chi connectivity index (χ1) is 22.2. The van der Waals surface area contributed by atoms with Crippen LogP contribution in [0.4, 0.5) is 4.79 Å². The Morgan fingerprint density at radius 1 is 0.739 bits per heavy atom. The molecule has 4 aromatic rings. The van der Waals surface area contributed by atoms with Gasteiger partial charge in [0.15, 0.2) is 0 Å². The lowest BCUT2D eigenvalue weighted by Gasteiger charge is -2.36. The Hall–Kier alpha value is -5.16. The predicted octanol–water partition coefficient (Wildman–Crippen LogP) is 4.58. The minimum Gasteiger partial charge on any atom is -0.445 e. The molecule has 1 fully saturated rings. The summed E-state index contributed by atoms with van der Waals surface area (Å²) in [6.07, 6.45) is -0.628. The van der Waals surface area contributed by atoms with E-state index in [0.717, 1.165) is 11.1 Å². The average molecular weight is 642 g/mol. The van der Waals surface area contributed by atoms with Gasteiger partial charge in [-0.1, -0.05) is 78.4 Å². The topological polar surface area (TPSA) is 122 Å². The van der Waals surface area contributed by atoms with Gasteiger partial charge in [-0.05, 0) is 54.4 Å². The van der Waals surface area contributed by atoms with Crippen LogP contribution >= 0.6 is 0 Å². The summed E-state index contributed by atoms with van der Waals surface area (Å²) >= 11 is 0. The van der Waals surface area contributed by atoms with Crippen molar-refractivity contribution in [3.05, 3.63) is 131 Å². The van der Waals surface area contributed by atoms with Crippen LogP contribution in [-0.4, -0.2) is 68.3 Å². The summed E-state index contributed by atoms with van der Waals surface area (Å²) in [4.78, 5) is 42.8. The van der Waals surface area contributed by atoms with E-state index in [0.29, 0.717) is 37.3 Å². The number of rotatable bonds is 10. The summed E-state index contributed by atoms with van der Waals surface area (Å²) in [6, 6.07) is 29.8. The lowest BCUT2D eigenvalue weighted by Crippen LogP contribution is -2.56. The van der Waals surface area contributed by atoms with Crippen molar-refractivity contribution in [2.45, 2.75) is 30.9 Å². The van der Waals surface area contributed by atoms with Crippen molar-refractivity contribution in [1.29, 1.82) is 0 Å². The number of piperazine rings is 1. The molecular weight excluding hydrogens is 606 g/mol. The molecule has 0 aliphatic carbocycles. The van der Waals surface area contributed by atoms with Crippen molar-refractivity contribution in [2.24, 2.45) is 0 Å². The predicted molar refractivity (Wildman–Crippen MR) is 172 cm³/mol. The van der Waals surface area contributed by atoms with Gasteiger partial charge in [0.1, 0.15) is 23.3 Å². The average Bonchev–Trinajstić information content (AvgIpc) is 3.08. The van der Waals surface area contributed by atoms with Crippen LogP contribution in [0, 0.1) is 6.92 Å². The second-order valence-electron chi connectivity index (χ2n) is 10.9. The number of benzene rings is 4.